The number of carbonyl (C=O) groups excluding carboxylic acids is 1. The molecule has 1 saturated heterocycles. The predicted molar refractivity (Wildman–Crippen MR) is 143 cm³/mol. The fourth-order valence-corrected chi connectivity index (χ4v) is 6.26. The van der Waals surface area contributed by atoms with Crippen LogP contribution < -0.4 is 5.32 Å². The van der Waals surface area contributed by atoms with Gasteiger partial charge in [0.1, 0.15) is 24.4 Å². The Morgan fingerprint density at radius 3 is 2.42 bits per heavy atom. The monoisotopic (exact) mass is 564 g/mol. The highest BCUT2D eigenvalue weighted by molar-refractivity contribution is 5.81. The fourth-order valence-electron chi connectivity index (χ4n) is 6.26. The number of piperidine rings is 1. The highest BCUT2D eigenvalue weighted by Gasteiger charge is 2.49. The third-order valence-corrected chi connectivity index (χ3v) is 8.54. The SMILES string of the molecule is CC(CF)N1CCC(O[C@H]2CCCC(F)(F)[C@@H]2NC(=O)Cc2cccc(-c3cc(F)cc(F)c3)c2C2CC2)CC1. The third-order valence-electron chi connectivity index (χ3n) is 8.54. The first-order valence-electron chi connectivity index (χ1n) is 14.4. The number of nitrogens with zero attached hydrogens (tertiary/aromatic N) is 1. The molecule has 1 N–H and O–H groups in total. The summed E-state index contributed by atoms with van der Waals surface area (Å²) in [6.45, 7) is 2.69. The quantitative estimate of drug-likeness (QED) is 0.351. The van der Waals surface area contributed by atoms with Gasteiger partial charge in [-0.3, -0.25) is 9.69 Å². The zero-order valence-corrected chi connectivity index (χ0v) is 22.8. The molecule has 1 amide bonds. The summed E-state index contributed by atoms with van der Waals surface area (Å²) in [4.78, 5) is 15.3. The lowest BCUT2D eigenvalue weighted by atomic mass is 9.87. The minimum absolute atomic E-state index is 0.115. The first-order chi connectivity index (χ1) is 19.1. The first-order valence-corrected chi connectivity index (χ1v) is 14.4. The summed E-state index contributed by atoms with van der Waals surface area (Å²) >= 11 is 0. The van der Waals surface area contributed by atoms with Gasteiger partial charge in [0.2, 0.25) is 5.91 Å². The number of halogens is 5. The Labute approximate surface area is 232 Å². The largest absolute Gasteiger partial charge is 0.373 e. The van der Waals surface area contributed by atoms with E-state index in [1.165, 1.54) is 12.1 Å². The average molecular weight is 565 g/mol. The number of amides is 1. The molecule has 0 spiro atoms. The normalized spacial score (nSPS) is 24.6. The molecule has 0 bridgehead atoms. The molecule has 0 aromatic heterocycles. The Kier molecular flexibility index (Phi) is 8.80. The topological polar surface area (TPSA) is 41.6 Å². The Hall–Kier alpha value is -2.52. The number of carbonyl (C=O) groups is 1. The number of nitrogens with one attached hydrogen (secondary N) is 1. The van der Waals surface area contributed by atoms with Crippen molar-refractivity contribution in [1.82, 2.24) is 10.2 Å². The van der Waals surface area contributed by atoms with Gasteiger partial charge in [-0.25, -0.2) is 22.0 Å². The van der Waals surface area contributed by atoms with Crippen LogP contribution in [-0.2, 0) is 16.0 Å². The van der Waals surface area contributed by atoms with Crippen LogP contribution in [0.5, 0.6) is 0 Å². The van der Waals surface area contributed by atoms with Crippen molar-refractivity contribution >= 4 is 5.91 Å². The zero-order valence-electron chi connectivity index (χ0n) is 22.8. The lowest BCUT2D eigenvalue weighted by molar-refractivity contribution is -0.157. The number of hydrogen-bond donors (Lipinski definition) is 1. The lowest BCUT2D eigenvalue weighted by Crippen LogP contribution is -2.58. The molecular weight excluding hydrogens is 527 g/mol. The van der Waals surface area contributed by atoms with Gasteiger partial charge in [-0.1, -0.05) is 18.2 Å². The summed E-state index contributed by atoms with van der Waals surface area (Å²) in [5.41, 5.74) is 2.57. The molecule has 3 atom stereocenters. The van der Waals surface area contributed by atoms with E-state index in [0.29, 0.717) is 55.5 Å². The highest BCUT2D eigenvalue weighted by atomic mass is 19.3. The van der Waals surface area contributed by atoms with Crippen LogP contribution in [0, 0.1) is 11.6 Å². The third kappa shape index (κ3) is 6.68. The van der Waals surface area contributed by atoms with Crippen molar-refractivity contribution in [3.63, 3.8) is 0 Å². The van der Waals surface area contributed by atoms with Crippen LogP contribution in [0.3, 0.4) is 0 Å². The van der Waals surface area contributed by atoms with Crippen molar-refractivity contribution in [2.24, 2.45) is 0 Å². The molecule has 9 heteroatoms. The summed E-state index contributed by atoms with van der Waals surface area (Å²) in [6.07, 6.45) is 2.31. The number of likely N-dealkylation sites (tertiary alicyclic amines) is 1. The maximum atomic E-state index is 15.1. The van der Waals surface area contributed by atoms with Gasteiger partial charge in [0.05, 0.1) is 18.6 Å². The van der Waals surface area contributed by atoms with E-state index in [1.807, 2.05) is 11.8 Å². The molecule has 218 valence electrons. The summed E-state index contributed by atoms with van der Waals surface area (Å²) < 4.78 is 77.5. The molecule has 1 aliphatic heterocycles. The van der Waals surface area contributed by atoms with Crippen LogP contribution in [-0.4, -0.2) is 60.8 Å². The van der Waals surface area contributed by atoms with Gasteiger partial charge in [-0.2, -0.15) is 0 Å². The van der Waals surface area contributed by atoms with Gasteiger partial charge in [0.25, 0.3) is 5.92 Å². The molecule has 5 rings (SSSR count). The Balaban J connectivity index is 1.30. The molecule has 2 aliphatic carbocycles. The Morgan fingerprint density at radius 1 is 1.07 bits per heavy atom. The number of benzene rings is 2. The van der Waals surface area contributed by atoms with Crippen molar-refractivity contribution < 1.29 is 31.5 Å². The van der Waals surface area contributed by atoms with Gasteiger partial charge in [-0.15, -0.1) is 0 Å². The second-order valence-electron chi connectivity index (χ2n) is 11.6. The molecule has 1 heterocycles. The van der Waals surface area contributed by atoms with Crippen LogP contribution >= 0.6 is 0 Å². The van der Waals surface area contributed by atoms with Crippen LogP contribution in [0.4, 0.5) is 22.0 Å². The molecule has 4 nitrogen and oxygen atoms in total. The van der Waals surface area contributed by atoms with E-state index in [0.717, 1.165) is 24.5 Å². The zero-order chi connectivity index (χ0) is 28.4. The van der Waals surface area contributed by atoms with Crippen LogP contribution in [0.25, 0.3) is 11.1 Å². The van der Waals surface area contributed by atoms with E-state index in [1.54, 1.807) is 18.2 Å². The van der Waals surface area contributed by atoms with Gasteiger partial charge in [0.15, 0.2) is 0 Å². The summed E-state index contributed by atoms with van der Waals surface area (Å²) in [7, 11) is 0. The van der Waals surface area contributed by atoms with Crippen molar-refractivity contribution in [2.45, 2.75) is 94.4 Å². The van der Waals surface area contributed by atoms with Crippen LogP contribution in [0.15, 0.2) is 36.4 Å². The maximum absolute atomic E-state index is 15.1. The standard InChI is InChI=1S/C31H37F5N2O2/c1-19(18-32)38-12-9-25(10-13-38)40-27-6-3-11-31(35,36)30(27)37-28(39)16-21-4-2-5-26(29(21)20-7-8-20)22-14-23(33)17-24(34)15-22/h2,4-5,14-15,17,19-20,25,27,30H,3,6-13,16,18H2,1H3,(H,37,39)/t19?,27-,30+/m0/s1. The predicted octanol–water partition coefficient (Wildman–Crippen LogP) is 6.56. The average Bonchev–Trinajstić information content (AvgIpc) is 3.75. The lowest BCUT2D eigenvalue weighted by Gasteiger charge is -2.42. The molecule has 2 aromatic rings. The molecule has 1 unspecified atom stereocenters. The minimum Gasteiger partial charge on any atom is -0.373 e. The minimum atomic E-state index is -3.11. The van der Waals surface area contributed by atoms with E-state index in [2.05, 4.69) is 5.32 Å². The van der Waals surface area contributed by atoms with Gasteiger partial charge in [-0.05, 0) is 85.8 Å². The van der Waals surface area contributed by atoms with E-state index in [-0.39, 0.29) is 30.9 Å². The number of rotatable bonds is 9. The van der Waals surface area contributed by atoms with Crippen LogP contribution in [0.1, 0.15) is 68.9 Å². The number of hydrogen-bond acceptors (Lipinski definition) is 3. The molecule has 2 aromatic carbocycles. The molecule has 2 saturated carbocycles. The molecule has 0 radical (unpaired) electrons. The van der Waals surface area contributed by atoms with Gasteiger partial charge in [0, 0.05) is 31.6 Å². The Bertz CT molecular complexity index is 1180. The van der Waals surface area contributed by atoms with Crippen LogP contribution in [0.2, 0.25) is 0 Å². The molecule has 3 aliphatic rings. The molecular formula is C31H37F5N2O2. The second kappa shape index (κ2) is 12.1. The maximum Gasteiger partial charge on any atom is 0.270 e. The summed E-state index contributed by atoms with van der Waals surface area (Å²) in [5.74, 6) is -4.86. The Morgan fingerprint density at radius 2 is 1.77 bits per heavy atom. The van der Waals surface area contributed by atoms with Gasteiger partial charge < -0.3 is 10.1 Å². The summed E-state index contributed by atoms with van der Waals surface area (Å²) in [6, 6.07) is 7.02. The molecule has 3 fully saturated rings. The summed E-state index contributed by atoms with van der Waals surface area (Å²) in [5, 5.41) is 2.60. The smallest absolute Gasteiger partial charge is 0.270 e. The van der Waals surface area contributed by atoms with E-state index in [4.69, 9.17) is 4.74 Å². The second-order valence-corrected chi connectivity index (χ2v) is 11.6. The van der Waals surface area contributed by atoms with Gasteiger partial charge >= 0.3 is 0 Å². The van der Waals surface area contributed by atoms with E-state index < -0.39 is 42.3 Å². The highest BCUT2D eigenvalue weighted by Crippen LogP contribution is 2.46. The van der Waals surface area contributed by atoms with E-state index in [9.17, 15) is 18.0 Å². The van der Waals surface area contributed by atoms with E-state index >= 15 is 8.78 Å². The van der Waals surface area contributed by atoms with Crippen molar-refractivity contribution in [2.75, 3.05) is 19.8 Å². The number of ether oxygens (including phenoxy) is 1. The van der Waals surface area contributed by atoms with Crippen molar-refractivity contribution in [3.8, 4) is 11.1 Å². The number of alkyl halides is 3. The van der Waals surface area contributed by atoms with Crippen molar-refractivity contribution in [3.05, 3.63) is 59.2 Å². The molecule has 40 heavy (non-hydrogen) atoms. The fraction of sp³-hybridized carbons (Fsp3) is 0.581. The van der Waals surface area contributed by atoms with Crippen molar-refractivity contribution in [1.29, 1.82) is 0 Å². The first kappa shape index (κ1) is 29.0.